The summed E-state index contributed by atoms with van der Waals surface area (Å²) in [7, 11) is 1.79. The number of benzene rings is 2. The average molecular weight is 516 g/mol. The van der Waals surface area contributed by atoms with E-state index in [1.807, 2.05) is 0 Å². The van der Waals surface area contributed by atoms with Crippen LogP contribution in [0.4, 0.5) is 10.1 Å². The van der Waals surface area contributed by atoms with Gasteiger partial charge in [0, 0.05) is 49.2 Å². The van der Waals surface area contributed by atoms with Gasteiger partial charge in [-0.2, -0.15) is 5.10 Å². The highest BCUT2D eigenvalue weighted by Gasteiger charge is 2.26. The number of rotatable bonds is 7. The van der Waals surface area contributed by atoms with Crippen LogP contribution in [0.5, 0.6) is 5.75 Å². The molecule has 0 spiro atoms. The number of morpholine rings is 1. The number of nitrogens with zero attached hydrogens (tertiary/aromatic N) is 4. The molecule has 1 aliphatic rings. The van der Waals surface area contributed by atoms with E-state index in [-0.39, 0.29) is 29.6 Å². The molecule has 38 heavy (non-hydrogen) atoms. The summed E-state index contributed by atoms with van der Waals surface area (Å²) in [5, 5.41) is 7.08. The summed E-state index contributed by atoms with van der Waals surface area (Å²) in [4.78, 5) is 32.9. The zero-order valence-electron chi connectivity index (χ0n) is 20.8. The SMILES string of the molecule is Cn1cc(-c2cc(OCc3ccc(F)cc3)c(C(=O)Nc3cccnc3)cc2C(=O)N2CCOCC2)cn1. The van der Waals surface area contributed by atoms with E-state index in [4.69, 9.17) is 9.47 Å². The second kappa shape index (κ2) is 11.2. The van der Waals surface area contributed by atoms with Crippen molar-refractivity contribution in [1.82, 2.24) is 19.7 Å². The fraction of sp³-hybridized carbons (Fsp3) is 0.214. The predicted octanol–water partition coefficient (Wildman–Crippen LogP) is 3.92. The number of amides is 2. The first-order valence-corrected chi connectivity index (χ1v) is 12.1. The summed E-state index contributed by atoms with van der Waals surface area (Å²) in [5.74, 6) is -0.753. The third kappa shape index (κ3) is 5.70. The molecule has 0 saturated carbocycles. The first-order chi connectivity index (χ1) is 18.5. The number of carbonyl (C=O) groups excluding carboxylic acids is 2. The van der Waals surface area contributed by atoms with Crippen molar-refractivity contribution < 1.29 is 23.5 Å². The van der Waals surface area contributed by atoms with Crippen LogP contribution in [0.25, 0.3) is 11.1 Å². The Balaban J connectivity index is 1.58. The van der Waals surface area contributed by atoms with Crippen molar-refractivity contribution in [3.05, 3.63) is 95.8 Å². The molecule has 0 unspecified atom stereocenters. The lowest BCUT2D eigenvalue weighted by Crippen LogP contribution is -2.41. The molecular formula is C28H26FN5O4. The Bertz CT molecular complexity index is 1430. The molecule has 0 atom stereocenters. The fourth-order valence-corrected chi connectivity index (χ4v) is 4.17. The number of ether oxygens (including phenoxy) is 2. The lowest BCUT2D eigenvalue weighted by molar-refractivity contribution is 0.0303. The first-order valence-electron chi connectivity index (χ1n) is 12.1. The Morgan fingerprint density at radius 1 is 1.08 bits per heavy atom. The second-order valence-corrected chi connectivity index (χ2v) is 8.81. The van der Waals surface area contributed by atoms with Gasteiger partial charge in [0.15, 0.2) is 0 Å². The van der Waals surface area contributed by atoms with E-state index in [1.165, 1.54) is 18.3 Å². The third-order valence-corrected chi connectivity index (χ3v) is 6.14. The van der Waals surface area contributed by atoms with Gasteiger partial charge in [0.1, 0.15) is 18.2 Å². The minimum atomic E-state index is -0.458. The van der Waals surface area contributed by atoms with Crippen molar-refractivity contribution in [2.45, 2.75) is 6.61 Å². The van der Waals surface area contributed by atoms with E-state index in [9.17, 15) is 14.0 Å². The van der Waals surface area contributed by atoms with E-state index in [0.717, 1.165) is 5.56 Å². The number of halogens is 1. The largest absolute Gasteiger partial charge is 0.488 e. The number of aryl methyl sites for hydroxylation is 1. The summed E-state index contributed by atoms with van der Waals surface area (Å²) in [5.41, 5.74) is 3.04. The van der Waals surface area contributed by atoms with Crippen molar-refractivity contribution >= 4 is 17.5 Å². The maximum absolute atomic E-state index is 13.7. The molecule has 1 aliphatic heterocycles. The monoisotopic (exact) mass is 515 g/mol. The highest BCUT2D eigenvalue weighted by atomic mass is 19.1. The molecule has 10 heteroatoms. The zero-order chi connectivity index (χ0) is 26.5. The van der Waals surface area contributed by atoms with Gasteiger partial charge in [0.2, 0.25) is 0 Å². The standard InChI is InChI=1S/C28H26FN5O4/c1-33-17-20(15-31-33)23-14-26(38-18-19-4-6-21(29)7-5-19)25(27(35)32-22-3-2-8-30-16-22)13-24(23)28(36)34-9-11-37-12-10-34/h2-8,13-17H,9-12,18H2,1H3,(H,32,35). The van der Waals surface area contributed by atoms with Crippen LogP contribution in [-0.2, 0) is 18.4 Å². The van der Waals surface area contributed by atoms with E-state index >= 15 is 0 Å². The van der Waals surface area contributed by atoms with Gasteiger partial charge in [-0.3, -0.25) is 19.3 Å². The zero-order valence-corrected chi connectivity index (χ0v) is 20.8. The normalized spacial score (nSPS) is 13.3. The third-order valence-electron chi connectivity index (χ3n) is 6.14. The molecule has 2 aromatic carbocycles. The molecule has 9 nitrogen and oxygen atoms in total. The number of pyridine rings is 1. The van der Waals surface area contributed by atoms with Gasteiger partial charge in [-0.15, -0.1) is 0 Å². The van der Waals surface area contributed by atoms with Crippen LogP contribution in [0.3, 0.4) is 0 Å². The first kappa shape index (κ1) is 25.1. The second-order valence-electron chi connectivity index (χ2n) is 8.81. The quantitative estimate of drug-likeness (QED) is 0.401. The number of aromatic nitrogens is 3. The van der Waals surface area contributed by atoms with Crippen molar-refractivity contribution in [2.75, 3.05) is 31.6 Å². The van der Waals surface area contributed by atoms with Crippen LogP contribution in [0.1, 0.15) is 26.3 Å². The van der Waals surface area contributed by atoms with Crippen LogP contribution < -0.4 is 10.1 Å². The maximum atomic E-state index is 13.7. The molecule has 0 bridgehead atoms. The van der Waals surface area contributed by atoms with Crippen molar-refractivity contribution in [3.63, 3.8) is 0 Å². The summed E-state index contributed by atoms with van der Waals surface area (Å²) < 4.78 is 26.5. The number of anilines is 1. The Morgan fingerprint density at radius 3 is 2.55 bits per heavy atom. The van der Waals surface area contributed by atoms with Gasteiger partial charge < -0.3 is 19.7 Å². The number of carbonyl (C=O) groups is 2. The lowest BCUT2D eigenvalue weighted by atomic mass is 9.97. The highest BCUT2D eigenvalue weighted by Crippen LogP contribution is 2.33. The molecule has 3 heterocycles. The number of hydrogen-bond acceptors (Lipinski definition) is 6. The summed E-state index contributed by atoms with van der Waals surface area (Å²) in [6.45, 7) is 1.88. The van der Waals surface area contributed by atoms with Gasteiger partial charge in [-0.05, 0) is 42.0 Å². The van der Waals surface area contributed by atoms with Crippen molar-refractivity contribution in [1.29, 1.82) is 0 Å². The molecule has 4 aromatic rings. The van der Waals surface area contributed by atoms with Crippen LogP contribution in [0, 0.1) is 5.82 Å². The number of nitrogens with one attached hydrogen (secondary N) is 1. The fourth-order valence-electron chi connectivity index (χ4n) is 4.17. The van der Waals surface area contributed by atoms with E-state index in [1.54, 1.807) is 71.6 Å². The Morgan fingerprint density at radius 2 is 1.87 bits per heavy atom. The summed E-state index contributed by atoms with van der Waals surface area (Å²) in [6.07, 6.45) is 6.59. The Hall–Kier alpha value is -4.57. The summed E-state index contributed by atoms with van der Waals surface area (Å²) >= 11 is 0. The molecule has 5 rings (SSSR count). The minimum absolute atomic E-state index is 0.0939. The van der Waals surface area contributed by atoms with Gasteiger partial charge in [0.25, 0.3) is 11.8 Å². The molecule has 1 N–H and O–H groups in total. The van der Waals surface area contributed by atoms with Crippen molar-refractivity contribution in [2.24, 2.45) is 7.05 Å². The topological polar surface area (TPSA) is 98.6 Å². The molecule has 0 aliphatic carbocycles. The van der Waals surface area contributed by atoms with Gasteiger partial charge >= 0.3 is 0 Å². The minimum Gasteiger partial charge on any atom is -0.488 e. The smallest absolute Gasteiger partial charge is 0.259 e. The molecule has 1 saturated heterocycles. The highest BCUT2D eigenvalue weighted by molar-refractivity contribution is 6.10. The maximum Gasteiger partial charge on any atom is 0.259 e. The van der Waals surface area contributed by atoms with Crippen LogP contribution in [-0.4, -0.2) is 57.8 Å². The number of hydrogen-bond donors (Lipinski definition) is 1. The van der Waals surface area contributed by atoms with Crippen LogP contribution in [0.15, 0.2) is 73.3 Å². The average Bonchev–Trinajstić information content (AvgIpc) is 3.39. The van der Waals surface area contributed by atoms with E-state index in [2.05, 4.69) is 15.4 Å². The molecule has 2 amide bonds. The van der Waals surface area contributed by atoms with E-state index in [0.29, 0.717) is 48.7 Å². The molecule has 194 valence electrons. The molecule has 2 aromatic heterocycles. The van der Waals surface area contributed by atoms with Crippen molar-refractivity contribution in [3.8, 4) is 16.9 Å². The Kier molecular flexibility index (Phi) is 7.41. The van der Waals surface area contributed by atoms with Crippen LogP contribution >= 0.6 is 0 Å². The lowest BCUT2D eigenvalue weighted by Gasteiger charge is -2.28. The molecule has 0 radical (unpaired) electrons. The van der Waals surface area contributed by atoms with Gasteiger partial charge in [-0.25, -0.2) is 4.39 Å². The van der Waals surface area contributed by atoms with Crippen LogP contribution in [0.2, 0.25) is 0 Å². The molecular weight excluding hydrogens is 489 g/mol. The Labute approximate surface area is 218 Å². The van der Waals surface area contributed by atoms with Gasteiger partial charge in [0.05, 0.1) is 36.9 Å². The van der Waals surface area contributed by atoms with E-state index < -0.39 is 5.91 Å². The van der Waals surface area contributed by atoms with Gasteiger partial charge in [-0.1, -0.05) is 12.1 Å². The predicted molar refractivity (Wildman–Crippen MR) is 138 cm³/mol. The molecule has 1 fully saturated rings. The summed E-state index contributed by atoms with van der Waals surface area (Å²) in [6, 6.07) is 12.6.